The van der Waals surface area contributed by atoms with Crippen molar-refractivity contribution in [2.75, 3.05) is 20.8 Å². The Kier molecular flexibility index (Phi) is 9.76. The highest BCUT2D eigenvalue weighted by Crippen LogP contribution is 2.22. The molecule has 0 saturated heterocycles. The number of rotatable bonds is 10. The zero-order chi connectivity index (χ0) is 28.5. The van der Waals surface area contributed by atoms with Crippen molar-refractivity contribution in [2.24, 2.45) is 0 Å². The monoisotopic (exact) mass is 553 g/mol. The Hall–Kier alpha value is -4.71. The van der Waals surface area contributed by atoms with Crippen LogP contribution in [-0.2, 0) is 20.8 Å². The summed E-state index contributed by atoms with van der Waals surface area (Å²) in [6.45, 7) is 1.54. The molecule has 3 amide bonds. The topological polar surface area (TPSA) is 160 Å². The molecular weight excluding hydrogens is 526 g/mol. The molecule has 0 fully saturated rings. The number of phenolic OH excluding ortho intramolecular Hbond substituents is 1. The standard InChI is InChI=1S/C27H27N3O8S/c1-15-10-21(24(33)28-13-16-6-4-9-19(31)11-16)39-22(15)25(34)30-20(27(36)38-3)14-29-23(32)17-7-5-8-18(12-17)26(35)37-2/h4-12,20,31H,13-14H2,1-3H3,(H,28,33)(H,29,32)(H,30,34). The van der Waals surface area contributed by atoms with Crippen molar-refractivity contribution in [1.82, 2.24) is 16.0 Å². The van der Waals surface area contributed by atoms with E-state index in [0.717, 1.165) is 18.4 Å². The second kappa shape index (κ2) is 13.2. The van der Waals surface area contributed by atoms with Crippen LogP contribution in [0.2, 0.25) is 0 Å². The molecule has 0 bridgehead atoms. The Morgan fingerprint density at radius 2 is 1.59 bits per heavy atom. The van der Waals surface area contributed by atoms with Crippen molar-refractivity contribution in [1.29, 1.82) is 0 Å². The number of amides is 3. The summed E-state index contributed by atoms with van der Waals surface area (Å²) in [6, 6.07) is 12.6. The normalized spacial score (nSPS) is 11.2. The van der Waals surface area contributed by atoms with Crippen LogP contribution in [-0.4, -0.2) is 61.6 Å². The summed E-state index contributed by atoms with van der Waals surface area (Å²) in [5, 5.41) is 17.4. The molecule has 0 aliphatic heterocycles. The summed E-state index contributed by atoms with van der Waals surface area (Å²) in [5.41, 5.74) is 1.56. The molecule has 12 heteroatoms. The van der Waals surface area contributed by atoms with E-state index in [1.165, 1.54) is 43.5 Å². The molecule has 39 heavy (non-hydrogen) atoms. The van der Waals surface area contributed by atoms with Gasteiger partial charge in [0.15, 0.2) is 0 Å². The number of nitrogens with one attached hydrogen (secondary N) is 3. The van der Waals surface area contributed by atoms with Crippen molar-refractivity contribution in [3.8, 4) is 5.75 Å². The highest BCUT2D eigenvalue weighted by atomic mass is 32.1. The Labute approximate surface area is 228 Å². The van der Waals surface area contributed by atoms with E-state index in [4.69, 9.17) is 4.74 Å². The number of carbonyl (C=O) groups excluding carboxylic acids is 5. The first-order chi connectivity index (χ1) is 18.6. The summed E-state index contributed by atoms with van der Waals surface area (Å²) < 4.78 is 9.42. The van der Waals surface area contributed by atoms with Gasteiger partial charge < -0.3 is 30.5 Å². The van der Waals surface area contributed by atoms with Gasteiger partial charge in [0.1, 0.15) is 11.8 Å². The van der Waals surface area contributed by atoms with Crippen molar-refractivity contribution in [3.63, 3.8) is 0 Å². The van der Waals surface area contributed by atoms with Crippen molar-refractivity contribution < 1.29 is 38.6 Å². The molecule has 0 spiro atoms. The fourth-order valence-corrected chi connectivity index (χ4v) is 4.51. The van der Waals surface area contributed by atoms with Crippen LogP contribution in [0.3, 0.4) is 0 Å². The fourth-order valence-electron chi connectivity index (χ4n) is 3.52. The lowest BCUT2D eigenvalue weighted by Crippen LogP contribution is -2.49. The largest absolute Gasteiger partial charge is 0.508 e. The van der Waals surface area contributed by atoms with Gasteiger partial charge in [-0.25, -0.2) is 9.59 Å². The highest BCUT2D eigenvalue weighted by Gasteiger charge is 2.26. The number of carbonyl (C=O) groups is 5. The number of aryl methyl sites for hydroxylation is 1. The molecule has 3 rings (SSSR count). The first-order valence-corrected chi connectivity index (χ1v) is 12.5. The molecule has 1 atom stereocenters. The van der Waals surface area contributed by atoms with E-state index in [0.29, 0.717) is 11.1 Å². The third-order valence-corrected chi connectivity index (χ3v) is 6.75. The third kappa shape index (κ3) is 7.65. The summed E-state index contributed by atoms with van der Waals surface area (Å²) in [6.07, 6.45) is 0. The number of benzene rings is 2. The minimum Gasteiger partial charge on any atom is -0.508 e. The van der Waals surface area contributed by atoms with E-state index >= 15 is 0 Å². The molecule has 204 valence electrons. The lowest BCUT2D eigenvalue weighted by molar-refractivity contribution is -0.142. The Balaban J connectivity index is 1.65. The van der Waals surface area contributed by atoms with Gasteiger partial charge in [0.2, 0.25) is 0 Å². The maximum absolute atomic E-state index is 13.0. The summed E-state index contributed by atoms with van der Waals surface area (Å²) in [4.78, 5) is 62.8. The van der Waals surface area contributed by atoms with Gasteiger partial charge in [-0.1, -0.05) is 18.2 Å². The van der Waals surface area contributed by atoms with Crippen molar-refractivity contribution in [2.45, 2.75) is 19.5 Å². The SMILES string of the molecule is COC(=O)c1cccc(C(=O)NCC(NC(=O)c2sc(C(=O)NCc3cccc(O)c3)cc2C)C(=O)OC)c1. The van der Waals surface area contributed by atoms with Gasteiger partial charge in [-0.15, -0.1) is 11.3 Å². The number of phenols is 1. The van der Waals surface area contributed by atoms with Crippen LogP contribution >= 0.6 is 11.3 Å². The quantitative estimate of drug-likeness (QED) is 0.278. The summed E-state index contributed by atoms with van der Waals surface area (Å²) in [5.74, 6) is -2.92. The van der Waals surface area contributed by atoms with Crippen molar-refractivity contribution in [3.05, 3.63) is 86.6 Å². The smallest absolute Gasteiger partial charge is 0.337 e. The molecule has 0 aliphatic carbocycles. The molecular formula is C27H27N3O8S. The van der Waals surface area contributed by atoms with E-state index in [9.17, 15) is 29.1 Å². The van der Waals surface area contributed by atoms with E-state index in [-0.39, 0.29) is 39.7 Å². The van der Waals surface area contributed by atoms with Gasteiger partial charge in [-0.05, 0) is 54.4 Å². The van der Waals surface area contributed by atoms with Crippen LogP contribution in [0.4, 0.5) is 0 Å². The van der Waals surface area contributed by atoms with Gasteiger partial charge in [-0.3, -0.25) is 14.4 Å². The Morgan fingerprint density at radius 1 is 0.872 bits per heavy atom. The molecule has 2 aromatic carbocycles. The predicted molar refractivity (Wildman–Crippen MR) is 142 cm³/mol. The number of methoxy groups -OCH3 is 2. The van der Waals surface area contributed by atoms with Gasteiger partial charge in [0.25, 0.3) is 17.7 Å². The molecule has 3 aromatic rings. The van der Waals surface area contributed by atoms with Gasteiger partial charge in [0, 0.05) is 18.7 Å². The molecule has 0 radical (unpaired) electrons. The summed E-state index contributed by atoms with van der Waals surface area (Å²) >= 11 is 0.946. The van der Waals surface area contributed by atoms with Crippen LogP contribution in [0.5, 0.6) is 5.75 Å². The second-order valence-corrected chi connectivity index (χ2v) is 9.36. The van der Waals surface area contributed by atoms with E-state index < -0.39 is 35.7 Å². The highest BCUT2D eigenvalue weighted by molar-refractivity contribution is 7.16. The fraction of sp³-hybridized carbons (Fsp3) is 0.222. The van der Waals surface area contributed by atoms with Crippen LogP contribution in [0, 0.1) is 6.92 Å². The number of esters is 2. The summed E-state index contributed by atoms with van der Waals surface area (Å²) in [7, 11) is 2.37. The minimum atomic E-state index is -1.22. The van der Waals surface area contributed by atoms with Gasteiger partial charge in [0.05, 0.1) is 29.5 Å². The van der Waals surface area contributed by atoms with Crippen LogP contribution < -0.4 is 16.0 Å². The van der Waals surface area contributed by atoms with E-state index in [2.05, 4.69) is 20.7 Å². The Bertz CT molecular complexity index is 1400. The number of hydrogen-bond acceptors (Lipinski definition) is 9. The van der Waals surface area contributed by atoms with E-state index in [1.807, 2.05) is 0 Å². The Morgan fingerprint density at radius 3 is 2.28 bits per heavy atom. The lowest BCUT2D eigenvalue weighted by Gasteiger charge is -2.17. The first-order valence-electron chi connectivity index (χ1n) is 11.6. The van der Waals surface area contributed by atoms with E-state index in [1.54, 1.807) is 25.1 Å². The van der Waals surface area contributed by atoms with Gasteiger partial charge in [-0.2, -0.15) is 0 Å². The molecule has 4 N–H and O–H groups in total. The zero-order valence-corrected chi connectivity index (χ0v) is 22.2. The number of thiophene rings is 1. The first kappa shape index (κ1) is 28.9. The van der Waals surface area contributed by atoms with Crippen LogP contribution in [0.25, 0.3) is 0 Å². The number of ether oxygens (including phenoxy) is 2. The zero-order valence-electron chi connectivity index (χ0n) is 21.4. The van der Waals surface area contributed by atoms with Crippen LogP contribution in [0.1, 0.15) is 51.2 Å². The molecule has 0 aliphatic rings. The van der Waals surface area contributed by atoms with Crippen molar-refractivity contribution >= 4 is 41.0 Å². The molecule has 11 nitrogen and oxygen atoms in total. The maximum atomic E-state index is 13.0. The molecule has 1 unspecified atom stereocenters. The predicted octanol–water partition coefficient (Wildman–Crippen LogP) is 2.18. The second-order valence-electron chi connectivity index (χ2n) is 8.31. The lowest BCUT2D eigenvalue weighted by atomic mass is 10.1. The minimum absolute atomic E-state index is 0.0822. The molecule has 0 saturated carbocycles. The molecule has 1 aromatic heterocycles. The maximum Gasteiger partial charge on any atom is 0.337 e. The number of hydrogen-bond donors (Lipinski definition) is 4. The third-order valence-electron chi connectivity index (χ3n) is 5.52. The molecule has 1 heterocycles. The average molecular weight is 554 g/mol. The van der Waals surface area contributed by atoms with Gasteiger partial charge >= 0.3 is 11.9 Å². The number of aromatic hydroxyl groups is 1. The average Bonchev–Trinajstić information content (AvgIpc) is 3.34. The van der Waals surface area contributed by atoms with Crippen LogP contribution in [0.15, 0.2) is 54.6 Å².